The van der Waals surface area contributed by atoms with Crippen LogP contribution in [0, 0.1) is 0 Å². The summed E-state index contributed by atoms with van der Waals surface area (Å²) < 4.78 is 0. The van der Waals surface area contributed by atoms with E-state index >= 15 is 0 Å². The van der Waals surface area contributed by atoms with Crippen LogP contribution < -0.4 is 0 Å². The van der Waals surface area contributed by atoms with Crippen LogP contribution in [0.3, 0.4) is 0 Å². The fraction of sp³-hybridized carbons (Fsp3) is 0. The molecule has 1 aliphatic carbocycles. The van der Waals surface area contributed by atoms with E-state index in [1.165, 1.54) is 6.21 Å². The summed E-state index contributed by atoms with van der Waals surface area (Å²) in [4.78, 5) is 20.2. The summed E-state index contributed by atoms with van der Waals surface area (Å²) in [5.41, 5.74) is 1.60. The van der Waals surface area contributed by atoms with Crippen LogP contribution in [0.5, 0.6) is 0 Å². The van der Waals surface area contributed by atoms with E-state index in [1.807, 2.05) is 0 Å². The second kappa shape index (κ2) is 4.90. The van der Waals surface area contributed by atoms with Crippen LogP contribution in [-0.4, -0.2) is 22.1 Å². The van der Waals surface area contributed by atoms with E-state index < -0.39 is 0 Å². The van der Waals surface area contributed by atoms with Crippen LogP contribution in [0.2, 0.25) is 5.15 Å². The van der Waals surface area contributed by atoms with Gasteiger partial charge in [0.25, 0.3) is 0 Å². The molecule has 0 amide bonds. The highest BCUT2D eigenvalue weighted by Gasteiger charge is 2.27. The fourth-order valence-corrected chi connectivity index (χ4v) is 2.18. The number of allylic oxidation sites excluding steroid dienone is 1. The van der Waals surface area contributed by atoms with Gasteiger partial charge in [-0.2, -0.15) is 0 Å². The van der Waals surface area contributed by atoms with Gasteiger partial charge in [-0.05, 0) is 12.1 Å². The number of fused-ring (bicyclic) bond motifs is 1. The maximum absolute atomic E-state index is 12.2. The summed E-state index contributed by atoms with van der Waals surface area (Å²) in [5, 5.41) is 10.3. The average molecular weight is 285 g/mol. The number of hydrogen-bond donors (Lipinski definition) is 1. The number of benzene rings is 1. The van der Waals surface area contributed by atoms with Crippen molar-refractivity contribution in [2.75, 3.05) is 0 Å². The summed E-state index contributed by atoms with van der Waals surface area (Å²) in [6.07, 6.45) is 2.87. The first-order chi connectivity index (χ1) is 9.68. The minimum Gasteiger partial charge on any atom is -0.506 e. The largest absolute Gasteiger partial charge is 0.506 e. The van der Waals surface area contributed by atoms with E-state index in [9.17, 15) is 9.90 Å². The maximum atomic E-state index is 12.2. The molecule has 0 radical (unpaired) electrons. The minimum absolute atomic E-state index is 0.0608. The molecule has 2 aromatic rings. The van der Waals surface area contributed by atoms with Crippen LogP contribution >= 0.6 is 11.6 Å². The molecule has 0 atom stereocenters. The number of carbonyl (C=O) groups is 1. The number of ketones is 1. The van der Waals surface area contributed by atoms with Crippen molar-refractivity contribution in [3.05, 3.63) is 64.4 Å². The molecule has 1 aromatic carbocycles. The summed E-state index contributed by atoms with van der Waals surface area (Å²) in [6, 6.07) is 10.3. The zero-order valence-corrected chi connectivity index (χ0v) is 11.0. The zero-order chi connectivity index (χ0) is 14.1. The molecule has 0 unspecified atom stereocenters. The van der Waals surface area contributed by atoms with Gasteiger partial charge in [0, 0.05) is 23.5 Å². The highest BCUT2D eigenvalue weighted by atomic mass is 35.5. The quantitative estimate of drug-likeness (QED) is 0.677. The third-order valence-electron chi connectivity index (χ3n) is 3.00. The number of halogens is 1. The van der Waals surface area contributed by atoms with Crippen molar-refractivity contribution in [2.24, 2.45) is 4.99 Å². The Morgan fingerprint density at radius 2 is 1.90 bits per heavy atom. The first-order valence-electron chi connectivity index (χ1n) is 5.90. The van der Waals surface area contributed by atoms with Crippen LogP contribution in [0.15, 0.2) is 53.2 Å². The zero-order valence-electron chi connectivity index (χ0n) is 10.2. The third kappa shape index (κ3) is 2.00. The summed E-state index contributed by atoms with van der Waals surface area (Å²) in [6.45, 7) is 0. The van der Waals surface area contributed by atoms with Crippen molar-refractivity contribution < 1.29 is 9.90 Å². The number of aliphatic hydroxyl groups excluding tert-OH is 1. The molecule has 0 fully saturated rings. The number of aromatic nitrogens is 1. The van der Waals surface area contributed by atoms with Gasteiger partial charge in [0.2, 0.25) is 0 Å². The fourth-order valence-electron chi connectivity index (χ4n) is 2.01. The molecule has 0 saturated heterocycles. The van der Waals surface area contributed by atoms with Gasteiger partial charge < -0.3 is 5.11 Å². The number of pyridine rings is 1. The molecule has 3 rings (SSSR count). The molecule has 0 saturated carbocycles. The highest BCUT2D eigenvalue weighted by molar-refractivity contribution is 6.32. The van der Waals surface area contributed by atoms with Crippen molar-refractivity contribution in [1.82, 2.24) is 4.98 Å². The van der Waals surface area contributed by atoms with Crippen LogP contribution in [0.25, 0.3) is 5.76 Å². The number of aliphatic imine (C=N–C) groups is 1. The molecular formula is C15H9ClN2O2. The second-order valence-electron chi connectivity index (χ2n) is 4.21. The smallest absolute Gasteiger partial charge is 0.199 e. The van der Waals surface area contributed by atoms with Crippen molar-refractivity contribution >= 4 is 35.0 Å². The maximum Gasteiger partial charge on any atom is 0.199 e. The van der Waals surface area contributed by atoms with Gasteiger partial charge in [-0.15, -0.1) is 0 Å². The molecule has 1 aliphatic rings. The Labute approximate surface area is 120 Å². The summed E-state index contributed by atoms with van der Waals surface area (Å²) in [5.74, 6) is -0.309. The van der Waals surface area contributed by atoms with Gasteiger partial charge in [-0.25, -0.2) is 4.98 Å². The Hall–Kier alpha value is -2.46. The number of rotatable bonds is 2. The lowest BCUT2D eigenvalue weighted by molar-refractivity contribution is 0.104. The highest BCUT2D eigenvalue weighted by Crippen LogP contribution is 2.30. The van der Waals surface area contributed by atoms with Gasteiger partial charge in [-0.3, -0.25) is 9.79 Å². The SMILES string of the molecule is O=C1C(C=Nc2cccnc2Cl)=C(O)c2ccccc21. The summed E-state index contributed by atoms with van der Waals surface area (Å²) in [7, 11) is 0. The Morgan fingerprint density at radius 1 is 1.15 bits per heavy atom. The predicted octanol–water partition coefficient (Wildman–Crippen LogP) is 3.60. The van der Waals surface area contributed by atoms with Crippen LogP contribution in [0.4, 0.5) is 5.69 Å². The molecule has 0 bridgehead atoms. The van der Waals surface area contributed by atoms with E-state index in [1.54, 1.807) is 42.6 Å². The standard InChI is InChI=1S/C15H9ClN2O2/c16-15-12(6-3-7-17-15)18-8-11-13(19)9-4-1-2-5-10(9)14(11)20/h1-8,19H. The van der Waals surface area contributed by atoms with E-state index in [-0.39, 0.29) is 22.3 Å². The van der Waals surface area contributed by atoms with Crippen molar-refractivity contribution in [3.63, 3.8) is 0 Å². The van der Waals surface area contributed by atoms with E-state index in [0.717, 1.165) is 0 Å². The van der Waals surface area contributed by atoms with Crippen LogP contribution in [-0.2, 0) is 0 Å². The molecule has 4 nitrogen and oxygen atoms in total. The van der Waals surface area contributed by atoms with E-state index in [0.29, 0.717) is 16.8 Å². The van der Waals surface area contributed by atoms with Gasteiger partial charge in [-0.1, -0.05) is 35.9 Å². The Kier molecular flexibility index (Phi) is 3.08. The topological polar surface area (TPSA) is 62.5 Å². The first kappa shape index (κ1) is 12.6. The summed E-state index contributed by atoms with van der Waals surface area (Å²) >= 11 is 5.88. The normalized spacial score (nSPS) is 14.2. The molecule has 1 aromatic heterocycles. The number of hydrogen-bond acceptors (Lipinski definition) is 4. The lowest BCUT2D eigenvalue weighted by Crippen LogP contribution is -1.99. The monoisotopic (exact) mass is 284 g/mol. The molecule has 0 aliphatic heterocycles. The number of aliphatic hydroxyl groups is 1. The number of nitrogens with zero attached hydrogens (tertiary/aromatic N) is 2. The predicted molar refractivity (Wildman–Crippen MR) is 77.7 cm³/mol. The van der Waals surface area contributed by atoms with E-state index in [2.05, 4.69) is 9.98 Å². The lowest BCUT2D eigenvalue weighted by atomic mass is 10.1. The molecule has 0 spiro atoms. The molecular weight excluding hydrogens is 276 g/mol. The lowest BCUT2D eigenvalue weighted by Gasteiger charge is -1.96. The van der Waals surface area contributed by atoms with E-state index in [4.69, 9.17) is 11.6 Å². The van der Waals surface area contributed by atoms with Gasteiger partial charge in [0.1, 0.15) is 11.4 Å². The molecule has 1 N–H and O–H groups in total. The van der Waals surface area contributed by atoms with Gasteiger partial charge in [0.15, 0.2) is 10.9 Å². The van der Waals surface area contributed by atoms with Gasteiger partial charge in [0.05, 0.1) is 5.57 Å². The molecule has 20 heavy (non-hydrogen) atoms. The molecule has 98 valence electrons. The molecule has 1 heterocycles. The number of carbonyl (C=O) groups excluding carboxylic acids is 1. The first-order valence-corrected chi connectivity index (χ1v) is 6.28. The van der Waals surface area contributed by atoms with Crippen molar-refractivity contribution in [3.8, 4) is 0 Å². The second-order valence-corrected chi connectivity index (χ2v) is 4.57. The molecule has 5 heteroatoms. The van der Waals surface area contributed by atoms with Gasteiger partial charge >= 0.3 is 0 Å². The Morgan fingerprint density at radius 3 is 2.60 bits per heavy atom. The van der Waals surface area contributed by atoms with Crippen molar-refractivity contribution in [2.45, 2.75) is 0 Å². The van der Waals surface area contributed by atoms with Crippen molar-refractivity contribution in [1.29, 1.82) is 0 Å². The third-order valence-corrected chi connectivity index (χ3v) is 3.29. The Bertz CT molecular complexity index is 766. The minimum atomic E-state index is -0.248. The average Bonchev–Trinajstić information content (AvgIpc) is 2.71. The van der Waals surface area contributed by atoms with Crippen LogP contribution in [0.1, 0.15) is 15.9 Å². The number of Topliss-reactive ketones (excluding diaryl/α,β-unsaturated/α-hetero) is 1. The Balaban J connectivity index is 1.99.